The van der Waals surface area contributed by atoms with E-state index in [2.05, 4.69) is 4.74 Å². The number of hydrogen-bond donors (Lipinski definition) is 0. The maximum atomic E-state index is 13.9. The number of nitriles is 1. The molecule has 0 saturated heterocycles. The summed E-state index contributed by atoms with van der Waals surface area (Å²) in [6.07, 6.45) is -12.0. The number of halogens is 9. The zero-order valence-corrected chi connectivity index (χ0v) is 16.1. The number of carbonyl (C=O) groups excluding carboxylic acids is 1. The summed E-state index contributed by atoms with van der Waals surface area (Å²) < 4.78 is 122. The minimum absolute atomic E-state index is 0. The fourth-order valence-electron chi connectivity index (χ4n) is 1.94. The monoisotopic (exact) mass is 419 g/mol. The zero-order chi connectivity index (χ0) is 19.7. The first-order chi connectivity index (χ1) is 11.3. The first kappa shape index (κ1) is 25.2. The van der Waals surface area contributed by atoms with Crippen molar-refractivity contribution < 1.29 is 102 Å². The van der Waals surface area contributed by atoms with E-state index < -0.39 is 65.0 Å². The number of carbonyl (C=O) groups is 1. The molecule has 0 aromatic heterocycles. The second kappa shape index (κ2) is 8.92. The second-order valence-electron chi connectivity index (χ2n) is 4.42. The molecule has 3 nitrogen and oxygen atoms in total. The fourth-order valence-corrected chi connectivity index (χ4v) is 1.94. The van der Waals surface area contributed by atoms with Crippen molar-refractivity contribution in [3.63, 3.8) is 0 Å². The SMILES string of the molecule is CCOC(=O)C(C#N)c1c(F)c(F)c(C(F)(F)F)c(F)c1C(F)(F)F.[H-].[K+]. The van der Waals surface area contributed by atoms with Gasteiger partial charge in [0.15, 0.2) is 23.4 Å². The van der Waals surface area contributed by atoms with Crippen LogP contribution in [0.5, 0.6) is 0 Å². The first-order valence-electron chi connectivity index (χ1n) is 6.19. The quantitative estimate of drug-likeness (QED) is 0.323. The summed E-state index contributed by atoms with van der Waals surface area (Å²) in [7, 11) is 0. The van der Waals surface area contributed by atoms with Crippen LogP contribution in [0.3, 0.4) is 0 Å². The minimum atomic E-state index is -6.00. The van der Waals surface area contributed by atoms with Crippen LogP contribution >= 0.6 is 0 Å². The Bertz CT molecular complexity index is 744. The van der Waals surface area contributed by atoms with Crippen LogP contribution in [0.4, 0.5) is 39.5 Å². The molecule has 0 heterocycles. The van der Waals surface area contributed by atoms with Crippen LogP contribution in [0, 0.1) is 28.8 Å². The Balaban J connectivity index is 0. The predicted octanol–water partition coefficient (Wildman–Crippen LogP) is 1.43. The van der Waals surface area contributed by atoms with E-state index in [1.54, 1.807) is 0 Å². The van der Waals surface area contributed by atoms with Gasteiger partial charge in [0, 0.05) is 5.56 Å². The molecule has 0 N–H and O–H groups in total. The summed E-state index contributed by atoms with van der Waals surface area (Å²) in [5, 5.41) is 8.75. The van der Waals surface area contributed by atoms with Crippen LogP contribution in [0.15, 0.2) is 0 Å². The van der Waals surface area contributed by atoms with Crippen molar-refractivity contribution in [2.45, 2.75) is 25.2 Å². The largest absolute Gasteiger partial charge is 1.00 e. The van der Waals surface area contributed by atoms with E-state index in [1.165, 1.54) is 0 Å². The van der Waals surface area contributed by atoms with Crippen molar-refractivity contribution in [1.82, 2.24) is 0 Å². The van der Waals surface area contributed by atoms with E-state index in [1.807, 2.05) is 0 Å². The van der Waals surface area contributed by atoms with E-state index in [-0.39, 0.29) is 52.8 Å². The molecule has 0 fully saturated rings. The van der Waals surface area contributed by atoms with Gasteiger partial charge < -0.3 is 6.16 Å². The Kier molecular flexibility index (Phi) is 8.64. The number of esters is 1. The van der Waals surface area contributed by atoms with Gasteiger partial charge in [-0.2, -0.15) is 31.6 Å². The van der Waals surface area contributed by atoms with Crippen molar-refractivity contribution in [2.24, 2.45) is 0 Å². The predicted molar refractivity (Wildman–Crippen MR) is 62.4 cm³/mol. The molecule has 1 aromatic rings. The molecule has 1 unspecified atom stereocenters. The van der Waals surface area contributed by atoms with Gasteiger partial charge in [-0.05, 0) is 6.92 Å². The van der Waals surface area contributed by atoms with Gasteiger partial charge in [-0.1, -0.05) is 0 Å². The van der Waals surface area contributed by atoms with E-state index in [0.29, 0.717) is 0 Å². The van der Waals surface area contributed by atoms with Crippen molar-refractivity contribution >= 4 is 5.97 Å². The van der Waals surface area contributed by atoms with Crippen molar-refractivity contribution in [1.29, 1.82) is 5.26 Å². The van der Waals surface area contributed by atoms with Crippen molar-refractivity contribution in [2.75, 3.05) is 6.61 Å². The summed E-state index contributed by atoms with van der Waals surface area (Å²) in [6, 6.07) is 0.840. The molecule has 0 radical (unpaired) electrons. The third-order valence-electron chi connectivity index (χ3n) is 2.86. The van der Waals surface area contributed by atoms with E-state index in [4.69, 9.17) is 5.26 Å². The molecule has 13 heteroatoms. The molecule has 0 spiro atoms. The van der Waals surface area contributed by atoms with Gasteiger partial charge in [0.1, 0.15) is 11.1 Å². The number of rotatable bonds is 3. The summed E-state index contributed by atoms with van der Waals surface area (Å²) in [6.45, 7) is 0.660. The van der Waals surface area contributed by atoms with Gasteiger partial charge in [0.2, 0.25) is 0 Å². The number of alkyl halides is 6. The third kappa shape index (κ3) is 4.92. The number of hydrogen-bond acceptors (Lipinski definition) is 3. The van der Waals surface area contributed by atoms with E-state index in [0.717, 1.165) is 13.0 Å². The molecule has 0 aliphatic rings. The summed E-state index contributed by atoms with van der Waals surface area (Å²) in [4.78, 5) is 11.5. The average Bonchev–Trinajstić information content (AvgIpc) is 2.42. The molecule has 1 aromatic carbocycles. The maximum Gasteiger partial charge on any atom is 1.00 e. The Morgan fingerprint density at radius 2 is 1.50 bits per heavy atom. The van der Waals surface area contributed by atoms with Gasteiger partial charge in [0.05, 0.1) is 12.7 Å². The van der Waals surface area contributed by atoms with Gasteiger partial charge in [-0.25, -0.2) is 13.2 Å². The summed E-state index contributed by atoms with van der Waals surface area (Å²) in [5.41, 5.74) is -8.24. The molecule has 0 bridgehead atoms. The zero-order valence-electron chi connectivity index (χ0n) is 13.9. The van der Waals surface area contributed by atoms with E-state index >= 15 is 0 Å². The number of benzene rings is 1. The van der Waals surface area contributed by atoms with Crippen molar-refractivity contribution in [3.05, 3.63) is 34.1 Å². The molecular formula is C13H7F9KNO2. The summed E-state index contributed by atoms with van der Waals surface area (Å²) in [5.74, 6) is -13.6. The molecular weight excluding hydrogens is 412 g/mol. The first-order valence-corrected chi connectivity index (χ1v) is 6.19. The van der Waals surface area contributed by atoms with Crippen LogP contribution in [0.2, 0.25) is 0 Å². The molecule has 140 valence electrons. The molecule has 1 rings (SSSR count). The molecule has 1 atom stereocenters. The average molecular weight is 419 g/mol. The van der Waals surface area contributed by atoms with Gasteiger partial charge >= 0.3 is 69.7 Å². The van der Waals surface area contributed by atoms with E-state index in [9.17, 15) is 44.3 Å². The molecule has 26 heavy (non-hydrogen) atoms. The third-order valence-corrected chi connectivity index (χ3v) is 2.86. The van der Waals surface area contributed by atoms with Crippen LogP contribution in [-0.2, 0) is 21.9 Å². The molecule has 0 saturated carbocycles. The minimum Gasteiger partial charge on any atom is -1.00 e. The van der Waals surface area contributed by atoms with Gasteiger partial charge in [0.25, 0.3) is 0 Å². The van der Waals surface area contributed by atoms with Crippen LogP contribution in [0.1, 0.15) is 31.0 Å². The molecule has 0 aliphatic carbocycles. The topological polar surface area (TPSA) is 50.1 Å². The van der Waals surface area contributed by atoms with Crippen LogP contribution in [-0.4, -0.2) is 12.6 Å². The Morgan fingerprint density at radius 3 is 1.85 bits per heavy atom. The Hall–Kier alpha value is -0.814. The van der Waals surface area contributed by atoms with Gasteiger partial charge in [-0.3, -0.25) is 4.79 Å². The van der Waals surface area contributed by atoms with Crippen molar-refractivity contribution in [3.8, 4) is 6.07 Å². The summed E-state index contributed by atoms with van der Waals surface area (Å²) >= 11 is 0. The normalized spacial score (nSPS) is 12.8. The second-order valence-corrected chi connectivity index (χ2v) is 4.42. The Labute approximate surface area is 184 Å². The number of nitrogens with zero attached hydrogens (tertiary/aromatic N) is 1. The van der Waals surface area contributed by atoms with Crippen LogP contribution in [0.25, 0.3) is 0 Å². The smallest absolute Gasteiger partial charge is 1.00 e. The Morgan fingerprint density at radius 1 is 1.04 bits per heavy atom. The number of ether oxygens (including phenoxy) is 1. The standard InChI is InChI=1S/C13H6F9NO2.K.H/c1-2-25-11(24)4(3-23)5-6(12(17,18)19)9(15)7(13(20,21)22)10(16)8(5)14;;/h4H,2H2,1H3;;/q;+1;-1. The maximum absolute atomic E-state index is 13.9. The molecule has 0 aliphatic heterocycles. The fraction of sp³-hybridized carbons (Fsp3) is 0.385. The van der Waals surface area contributed by atoms with Gasteiger partial charge in [-0.15, -0.1) is 0 Å². The molecule has 0 amide bonds. The van der Waals surface area contributed by atoms with Crippen LogP contribution < -0.4 is 51.4 Å².